The van der Waals surface area contributed by atoms with Crippen molar-refractivity contribution >= 4 is 35.7 Å². The fourth-order valence-electron chi connectivity index (χ4n) is 0. The highest BCUT2D eigenvalue weighted by Crippen LogP contribution is 1.82. The summed E-state index contributed by atoms with van der Waals surface area (Å²) in [6.45, 7) is 0. The molecule has 0 unspecified atom stereocenters. The summed E-state index contributed by atoms with van der Waals surface area (Å²) < 4.78 is 0. The molecule has 80 valence electrons. The number of thiol groups is 2. The Labute approximate surface area is 89.9 Å². The highest BCUT2D eigenvalue weighted by atomic mass is 32.1. The molecule has 0 radical (unpaired) electrons. The average molecular weight is 227 g/mol. The summed E-state index contributed by atoms with van der Waals surface area (Å²) in [7, 11) is 7.05. The van der Waals surface area contributed by atoms with E-state index < -0.39 is 5.24 Å². The largest absolute Gasteiger partial charge is 0.361 e. The summed E-state index contributed by atoms with van der Waals surface area (Å²) >= 11 is 6.58. The molecule has 7 heteroatoms. The maximum atomic E-state index is 9.93. The van der Waals surface area contributed by atoms with E-state index in [1.54, 1.807) is 14.1 Å². The molecule has 0 aromatic carbocycles. The lowest BCUT2D eigenvalue weighted by molar-refractivity contribution is 0.241. The number of carbonyl (C=O) groups is 2. The van der Waals surface area contributed by atoms with Crippen molar-refractivity contribution in [3.63, 3.8) is 0 Å². The molecule has 0 aliphatic carbocycles. The second kappa shape index (κ2) is 14.1. The number of hydrogen-bond donors (Lipinski definition) is 4. The molecule has 0 heterocycles. The molecule has 0 aromatic heterocycles. The van der Waals surface area contributed by atoms with Gasteiger partial charge < -0.3 is 16.0 Å². The maximum absolute atomic E-state index is 9.93. The Bertz CT molecular complexity index is 138. The highest BCUT2D eigenvalue weighted by Gasteiger charge is 1.89. The maximum Gasteiger partial charge on any atom is 0.278 e. The molecule has 0 saturated heterocycles. The molecule has 0 spiro atoms. The summed E-state index contributed by atoms with van der Waals surface area (Å²) in [5.41, 5.74) is 4.34. The molecule has 0 saturated carbocycles. The van der Waals surface area contributed by atoms with Gasteiger partial charge >= 0.3 is 0 Å². The van der Waals surface area contributed by atoms with Crippen molar-refractivity contribution in [1.29, 1.82) is 0 Å². The molecule has 0 fully saturated rings. The van der Waals surface area contributed by atoms with Crippen LogP contribution in [0.3, 0.4) is 0 Å². The van der Waals surface area contributed by atoms with Crippen LogP contribution in [0, 0.1) is 0 Å². The average Bonchev–Trinajstić information content (AvgIpc) is 1.87. The fourth-order valence-corrected chi connectivity index (χ4v) is 0. The van der Waals surface area contributed by atoms with Crippen LogP contribution in [-0.4, -0.2) is 43.6 Å². The number of nitrogens with two attached hydrogens (primary N) is 1. The normalized spacial score (nSPS) is 6.92. The lowest BCUT2D eigenvalue weighted by Crippen LogP contribution is -2.13. The van der Waals surface area contributed by atoms with Crippen LogP contribution >= 0.6 is 25.3 Å². The van der Waals surface area contributed by atoms with Gasteiger partial charge in [-0.05, 0) is 14.1 Å². The Balaban J connectivity index is -0.000000125. The van der Waals surface area contributed by atoms with Gasteiger partial charge in [-0.1, -0.05) is 25.3 Å². The van der Waals surface area contributed by atoms with Gasteiger partial charge in [0.05, 0.1) is 0 Å². The molecule has 3 N–H and O–H groups in total. The van der Waals surface area contributed by atoms with Crippen LogP contribution in [0.4, 0.5) is 9.59 Å². The van der Waals surface area contributed by atoms with Crippen molar-refractivity contribution in [3.8, 4) is 0 Å². The van der Waals surface area contributed by atoms with E-state index in [2.05, 4.69) is 36.3 Å². The van der Waals surface area contributed by atoms with Gasteiger partial charge in [0, 0.05) is 14.1 Å². The van der Waals surface area contributed by atoms with Gasteiger partial charge in [0.2, 0.25) is 0 Å². The molecule has 0 aliphatic rings. The number of primary amides is 1. The number of nitrogens with one attached hydrogen (secondary N) is 1. The van der Waals surface area contributed by atoms with Gasteiger partial charge in [-0.25, -0.2) is 0 Å². The van der Waals surface area contributed by atoms with E-state index in [1.165, 1.54) is 4.90 Å². The molecule has 0 aromatic rings. The summed E-state index contributed by atoms with van der Waals surface area (Å²) in [4.78, 5) is 20.4. The van der Waals surface area contributed by atoms with Crippen molar-refractivity contribution < 1.29 is 9.59 Å². The second-order valence-electron chi connectivity index (χ2n) is 2.02. The number of hydrogen-bond acceptors (Lipinski definition) is 3. The summed E-state index contributed by atoms with van der Waals surface area (Å²) in [5, 5.41) is 1.90. The molecule has 13 heavy (non-hydrogen) atoms. The molecular formula is C6H17N3O2S2. The lowest BCUT2D eigenvalue weighted by Gasteiger charge is -2.01. The molecule has 5 nitrogen and oxygen atoms in total. The molecule has 0 rings (SSSR count). The van der Waals surface area contributed by atoms with Crippen LogP contribution < -0.4 is 11.1 Å². The fraction of sp³-hybridized carbons (Fsp3) is 0.667. The van der Waals surface area contributed by atoms with E-state index in [9.17, 15) is 4.79 Å². The van der Waals surface area contributed by atoms with Crippen LogP contribution in [0.1, 0.15) is 0 Å². The van der Waals surface area contributed by atoms with Gasteiger partial charge in [0.1, 0.15) is 0 Å². The first-order valence-electron chi connectivity index (χ1n) is 3.26. The zero-order chi connectivity index (χ0) is 11.4. The smallest absolute Gasteiger partial charge is 0.278 e. The van der Waals surface area contributed by atoms with Gasteiger partial charge in [0.15, 0.2) is 0 Å². The second-order valence-corrected chi connectivity index (χ2v) is 2.84. The third-order valence-electron chi connectivity index (χ3n) is 0.383. The lowest BCUT2D eigenvalue weighted by atomic mass is 11.0. The zero-order valence-electron chi connectivity index (χ0n) is 8.24. The van der Waals surface area contributed by atoms with Gasteiger partial charge in [0.25, 0.3) is 10.5 Å². The van der Waals surface area contributed by atoms with Crippen LogP contribution in [0.5, 0.6) is 0 Å². The summed E-state index contributed by atoms with van der Waals surface area (Å²) in [6.07, 6.45) is 0. The first-order chi connectivity index (χ1) is 5.79. The minimum atomic E-state index is -0.639. The number of carbonyl (C=O) groups excluding carboxylic acids is 2. The Morgan fingerprint density at radius 1 is 1.23 bits per heavy atom. The van der Waals surface area contributed by atoms with Crippen LogP contribution in [-0.2, 0) is 0 Å². The van der Waals surface area contributed by atoms with Crippen LogP contribution in [0.15, 0.2) is 0 Å². The van der Waals surface area contributed by atoms with Crippen molar-refractivity contribution in [3.05, 3.63) is 0 Å². The number of nitrogens with zero attached hydrogens (tertiary/aromatic N) is 1. The third kappa shape index (κ3) is 82.5. The van der Waals surface area contributed by atoms with Crippen LogP contribution in [0.2, 0.25) is 0 Å². The van der Waals surface area contributed by atoms with Crippen LogP contribution in [0.25, 0.3) is 0 Å². The first-order valence-corrected chi connectivity index (χ1v) is 4.16. The molecular weight excluding hydrogens is 210 g/mol. The van der Waals surface area contributed by atoms with E-state index in [4.69, 9.17) is 4.79 Å². The molecule has 0 atom stereocenters. The summed E-state index contributed by atoms with van der Waals surface area (Å²) in [6, 6.07) is 0. The van der Waals surface area contributed by atoms with Crippen molar-refractivity contribution in [2.45, 2.75) is 0 Å². The third-order valence-corrected chi connectivity index (χ3v) is 0.783. The number of amides is 2. The van der Waals surface area contributed by atoms with E-state index in [1.807, 2.05) is 14.1 Å². The first kappa shape index (κ1) is 18.4. The predicted molar refractivity (Wildman–Crippen MR) is 61.6 cm³/mol. The standard InChI is InChI=1S/C3H7NOS.C2H7N.CH3NOS/c1-4(2)3(5)6;1-3-2;2-1(3)4/h1-2H3,(H,5,6);3H,1-2H3;(H3,2,3,4). The zero-order valence-corrected chi connectivity index (χ0v) is 10.0. The molecule has 2 amide bonds. The van der Waals surface area contributed by atoms with E-state index >= 15 is 0 Å². The minimum absolute atomic E-state index is 0.213. The minimum Gasteiger partial charge on any atom is -0.361 e. The molecule has 0 bridgehead atoms. The Morgan fingerprint density at radius 3 is 1.31 bits per heavy atom. The van der Waals surface area contributed by atoms with E-state index in [0.717, 1.165) is 0 Å². The van der Waals surface area contributed by atoms with Crippen molar-refractivity contribution in [2.75, 3.05) is 28.2 Å². The Morgan fingerprint density at radius 2 is 1.31 bits per heavy atom. The monoisotopic (exact) mass is 227 g/mol. The predicted octanol–water partition coefficient (Wildman–Crippen LogP) is 0.428. The van der Waals surface area contributed by atoms with Gasteiger partial charge in [-0.15, -0.1) is 0 Å². The van der Waals surface area contributed by atoms with Gasteiger partial charge in [-0.3, -0.25) is 9.59 Å². The van der Waals surface area contributed by atoms with E-state index in [0.29, 0.717) is 0 Å². The Kier molecular flexibility index (Phi) is 20.0. The topological polar surface area (TPSA) is 75.4 Å². The number of rotatable bonds is 0. The Hall–Kier alpha value is -0.400. The molecule has 0 aliphatic heterocycles. The summed E-state index contributed by atoms with van der Waals surface area (Å²) in [5.74, 6) is 0. The van der Waals surface area contributed by atoms with Crippen molar-refractivity contribution in [1.82, 2.24) is 10.2 Å². The van der Waals surface area contributed by atoms with E-state index in [-0.39, 0.29) is 5.24 Å². The van der Waals surface area contributed by atoms with Crippen molar-refractivity contribution in [2.24, 2.45) is 5.73 Å². The quantitative estimate of drug-likeness (QED) is 0.453. The SMILES string of the molecule is CN(C)C(=O)S.CNC.NC(=O)S. The highest BCUT2D eigenvalue weighted by molar-refractivity contribution is 7.96. The van der Waals surface area contributed by atoms with Gasteiger partial charge in [-0.2, -0.15) is 0 Å².